The molecular formula is C18H17N3O4S. The fourth-order valence-corrected chi connectivity index (χ4v) is 3.41. The molecule has 0 saturated heterocycles. The van der Waals surface area contributed by atoms with E-state index in [2.05, 4.69) is 19.7 Å². The molecule has 26 heavy (non-hydrogen) atoms. The summed E-state index contributed by atoms with van der Waals surface area (Å²) in [4.78, 5) is 11.7. The minimum absolute atomic E-state index is 0.182. The Morgan fingerprint density at radius 2 is 1.85 bits per heavy atom. The standard InChI is InChI=1S/C18H17N3O4S/c1-12-6-8-15(9-7-12)26(23,24)21-14-5-3-4-13(10-14)16-11-17(20-19-16)18(22)25-2/h3-11,21H,1-2H3,(H,19,20). The average molecular weight is 371 g/mol. The lowest BCUT2D eigenvalue weighted by atomic mass is 10.1. The van der Waals surface area contributed by atoms with E-state index in [0.29, 0.717) is 16.9 Å². The van der Waals surface area contributed by atoms with E-state index >= 15 is 0 Å². The number of aryl methyl sites for hydroxylation is 1. The number of sulfonamides is 1. The van der Waals surface area contributed by atoms with E-state index in [-0.39, 0.29) is 10.6 Å². The molecular weight excluding hydrogens is 354 g/mol. The van der Waals surface area contributed by atoms with Crippen molar-refractivity contribution in [3.05, 3.63) is 65.9 Å². The maximum absolute atomic E-state index is 12.5. The molecule has 3 aromatic rings. The largest absolute Gasteiger partial charge is 0.464 e. The highest BCUT2D eigenvalue weighted by Crippen LogP contribution is 2.23. The minimum Gasteiger partial charge on any atom is -0.464 e. The summed E-state index contributed by atoms with van der Waals surface area (Å²) in [5.74, 6) is -0.528. The third kappa shape index (κ3) is 3.75. The number of methoxy groups -OCH3 is 1. The summed E-state index contributed by atoms with van der Waals surface area (Å²) in [7, 11) is -2.41. The molecule has 0 bridgehead atoms. The lowest BCUT2D eigenvalue weighted by Gasteiger charge is -2.09. The Hall–Kier alpha value is -3.13. The van der Waals surface area contributed by atoms with E-state index < -0.39 is 16.0 Å². The number of aromatic nitrogens is 2. The van der Waals surface area contributed by atoms with Crippen molar-refractivity contribution in [1.29, 1.82) is 0 Å². The van der Waals surface area contributed by atoms with Gasteiger partial charge in [-0.2, -0.15) is 5.10 Å². The molecule has 0 aliphatic rings. The molecule has 7 nitrogen and oxygen atoms in total. The van der Waals surface area contributed by atoms with E-state index in [1.807, 2.05) is 6.92 Å². The fraction of sp³-hybridized carbons (Fsp3) is 0.111. The van der Waals surface area contributed by atoms with Crippen LogP contribution in [0.5, 0.6) is 0 Å². The Morgan fingerprint density at radius 3 is 2.54 bits per heavy atom. The lowest BCUT2D eigenvalue weighted by Crippen LogP contribution is -2.12. The number of benzene rings is 2. The van der Waals surface area contributed by atoms with Gasteiger partial charge in [0.15, 0.2) is 0 Å². The first-order chi connectivity index (χ1) is 12.4. The zero-order chi connectivity index (χ0) is 18.7. The maximum atomic E-state index is 12.5. The smallest absolute Gasteiger partial charge is 0.356 e. The summed E-state index contributed by atoms with van der Waals surface area (Å²) >= 11 is 0. The van der Waals surface area contributed by atoms with Crippen molar-refractivity contribution in [2.24, 2.45) is 0 Å². The highest BCUT2D eigenvalue weighted by atomic mass is 32.2. The van der Waals surface area contributed by atoms with Gasteiger partial charge in [0.25, 0.3) is 10.0 Å². The molecule has 0 radical (unpaired) electrons. The van der Waals surface area contributed by atoms with Crippen molar-refractivity contribution in [2.45, 2.75) is 11.8 Å². The van der Waals surface area contributed by atoms with E-state index in [1.165, 1.54) is 7.11 Å². The number of ether oxygens (including phenoxy) is 1. The van der Waals surface area contributed by atoms with Crippen molar-refractivity contribution in [3.63, 3.8) is 0 Å². The van der Waals surface area contributed by atoms with Crippen LogP contribution < -0.4 is 4.72 Å². The monoisotopic (exact) mass is 371 g/mol. The third-order valence-electron chi connectivity index (χ3n) is 3.73. The van der Waals surface area contributed by atoms with Crippen LogP contribution >= 0.6 is 0 Å². The van der Waals surface area contributed by atoms with Crippen LogP contribution in [-0.4, -0.2) is 31.7 Å². The van der Waals surface area contributed by atoms with Crippen LogP contribution in [0.25, 0.3) is 11.3 Å². The molecule has 0 unspecified atom stereocenters. The molecule has 134 valence electrons. The molecule has 1 aromatic heterocycles. The SMILES string of the molecule is COC(=O)c1cc(-c2cccc(NS(=O)(=O)c3ccc(C)cc3)c2)n[nH]1. The first-order valence-corrected chi connectivity index (χ1v) is 9.21. The Kier molecular flexibility index (Phi) is 4.77. The zero-order valence-corrected chi connectivity index (χ0v) is 15.0. The number of aromatic amines is 1. The number of carbonyl (C=O) groups excluding carboxylic acids is 1. The molecule has 0 fully saturated rings. The Morgan fingerprint density at radius 1 is 1.12 bits per heavy atom. The first kappa shape index (κ1) is 17.7. The molecule has 1 heterocycles. The number of H-pyrrole nitrogens is 1. The third-order valence-corrected chi connectivity index (χ3v) is 5.12. The van der Waals surface area contributed by atoms with Crippen molar-refractivity contribution >= 4 is 21.7 Å². The second-order valence-electron chi connectivity index (χ2n) is 5.66. The molecule has 0 saturated carbocycles. The van der Waals surface area contributed by atoms with Gasteiger partial charge in [-0.25, -0.2) is 13.2 Å². The van der Waals surface area contributed by atoms with Gasteiger partial charge in [0.05, 0.1) is 17.7 Å². The Labute approximate surface area is 151 Å². The molecule has 2 N–H and O–H groups in total. The van der Waals surface area contributed by atoms with Crippen LogP contribution in [0.4, 0.5) is 5.69 Å². The fourth-order valence-electron chi connectivity index (χ4n) is 2.36. The molecule has 0 spiro atoms. The van der Waals surface area contributed by atoms with Gasteiger partial charge in [0.1, 0.15) is 5.69 Å². The number of esters is 1. The maximum Gasteiger partial charge on any atom is 0.356 e. The molecule has 0 atom stereocenters. The molecule has 0 amide bonds. The highest BCUT2D eigenvalue weighted by Gasteiger charge is 2.15. The topological polar surface area (TPSA) is 101 Å². The van der Waals surface area contributed by atoms with Gasteiger partial charge in [-0.3, -0.25) is 9.82 Å². The van der Waals surface area contributed by atoms with Gasteiger partial charge in [-0.1, -0.05) is 29.8 Å². The van der Waals surface area contributed by atoms with Gasteiger partial charge in [-0.05, 0) is 37.3 Å². The number of carbonyl (C=O) groups is 1. The molecule has 8 heteroatoms. The number of nitrogens with one attached hydrogen (secondary N) is 2. The summed E-state index contributed by atoms with van der Waals surface area (Å²) in [5, 5.41) is 6.65. The number of nitrogens with zero attached hydrogens (tertiary/aromatic N) is 1. The quantitative estimate of drug-likeness (QED) is 0.672. The predicted octanol–water partition coefficient (Wildman–Crippen LogP) is 2.97. The van der Waals surface area contributed by atoms with Crippen molar-refractivity contribution in [2.75, 3.05) is 11.8 Å². The van der Waals surface area contributed by atoms with Gasteiger partial charge < -0.3 is 4.74 Å². The number of hydrogen-bond donors (Lipinski definition) is 2. The van der Waals surface area contributed by atoms with Crippen LogP contribution in [0.2, 0.25) is 0 Å². The lowest BCUT2D eigenvalue weighted by molar-refractivity contribution is 0.0594. The first-order valence-electron chi connectivity index (χ1n) is 7.73. The van der Waals surface area contributed by atoms with E-state index in [0.717, 1.165) is 5.56 Å². The van der Waals surface area contributed by atoms with Crippen LogP contribution in [0, 0.1) is 6.92 Å². The molecule has 2 aromatic carbocycles. The Bertz CT molecular complexity index is 1040. The van der Waals surface area contributed by atoms with Crippen molar-refractivity contribution in [3.8, 4) is 11.3 Å². The van der Waals surface area contributed by atoms with E-state index in [4.69, 9.17) is 0 Å². The summed E-state index contributed by atoms with van der Waals surface area (Å²) in [6.07, 6.45) is 0. The molecule has 3 rings (SSSR count). The van der Waals surface area contributed by atoms with Crippen LogP contribution in [0.3, 0.4) is 0 Å². The minimum atomic E-state index is -3.69. The van der Waals surface area contributed by atoms with Crippen LogP contribution in [-0.2, 0) is 14.8 Å². The number of hydrogen-bond acceptors (Lipinski definition) is 5. The summed E-state index contributed by atoms with van der Waals surface area (Å²) in [5.41, 5.74) is 2.74. The summed E-state index contributed by atoms with van der Waals surface area (Å²) in [6.45, 7) is 1.89. The second kappa shape index (κ2) is 7.01. The van der Waals surface area contributed by atoms with Crippen molar-refractivity contribution in [1.82, 2.24) is 10.2 Å². The van der Waals surface area contributed by atoms with Crippen molar-refractivity contribution < 1.29 is 17.9 Å². The summed E-state index contributed by atoms with van der Waals surface area (Å²) < 4.78 is 32.2. The highest BCUT2D eigenvalue weighted by molar-refractivity contribution is 7.92. The van der Waals surface area contributed by atoms with Crippen LogP contribution in [0.15, 0.2) is 59.5 Å². The van der Waals surface area contributed by atoms with Crippen LogP contribution in [0.1, 0.15) is 16.1 Å². The molecule has 0 aliphatic carbocycles. The average Bonchev–Trinajstić information content (AvgIpc) is 3.11. The Balaban J connectivity index is 1.86. The number of rotatable bonds is 5. The second-order valence-corrected chi connectivity index (χ2v) is 7.34. The van der Waals surface area contributed by atoms with Gasteiger partial charge >= 0.3 is 5.97 Å². The number of anilines is 1. The van der Waals surface area contributed by atoms with E-state index in [1.54, 1.807) is 54.6 Å². The van der Waals surface area contributed by atoms with Gasteiger partial charge in [0.2, 0.25) is 0 Å². The zero-order valence-electron chi connectivity index (χ0n) is 14.2. The summed E-state index contributed by atoms with van der Waals surface area (Å²) in [6, 6.07) is 14.9. The van der Waals surface area contributed by atoms with Gasteiger partial charge in [0, 0.05) is 11.3 Å². The predicted molar refractivity (Wildman–Crippen MR) is 97.4 cm³/mol. The molecule has 0 aliphatic heterocycles. The normalized spacial score (nSPS) is 11.2. The van der Waals surface area contributed by atoms with Gasteiger partial charge in [-0.15, -0.1) is 0 Å². The van der Waals surface area contributed by atoms with E-state index in [9.17, 15) is 13.2 Å².